The number of fused-ring (bicyclic) bond motifs is 1. The van der Waals surface area contributed by atoms with E-state index in [0.29, 0.717) is 41.5 Å². The maximum Gasteiger partial charge on any atom is 0.159 e. The average Bonchev–Trinajstić information content (AvgIpc) is 3.23. The monoisotopic (exact) mass is 493 g/mol. The summed E-state index contributed by atoms with van der Waals surface area (Å²) in [5.41, 5.74) is 7.79. The smallest absolute Gasteiger partial charge is 0.159 e. The molecule has 0 unspecified atom stereocenters. The quantitative estimate of drug-likeness (QED) is 0.367. The van der Waals surface area contributed by atoms with E-state index in [2.05, 4.69) is 5.32 Å². The molecule has 0 amide bonds. The van der Waals surface area contributed by atoms with E-state index >= 15 is 0 Å². The van der Waals surface area contributed by atoms with Gasteiger partial charge in [0, 0.05) is 29.4 Å². The lowest BCUT2D eigenvalue weighted by Gasteiger charge is -2.39. The molecule has 4 aromatic rings. The molecule has 3 N–H and O–H groups in total. The van der Waals surface area contributed by atoms with Crippen LogP contribution < -0.4 is 11.1 Å². The second-order valence-corrected chi connectivity index (χ2v) is 8.82. The summed E-state index contributed by atoms with van der Waals surface area (Å²) in [5.74, 6) is 0.683. The van der Waals surface area contributed by atoms with E-state index in [1.807, 2.05) is 21.6 Å². The Morgan fingerprint density at radius 1 is 0.943 bits per heavy atom. The summed E-state index contributed by atoms with van der Waals surface area (Å²) in [6, 6.07) is 19.0. The minimum absolute atomic E-state index is 0.281. The van der Waals surface area contributed by atoms with Gasteiger partial charge in [0.15, 0.2) is 11.9 Å². The lowest BCUT2D eigenvalue weighted by atomic mass is 9.99. The minimum atomic E-state index is -1.44. The van der Waals surface area contributed by atoms with Gasteiger partial charge in [-0.3, -0.25) is 9.69 Å². The van der Waals surface area contributed by atoms with Crippen LogP contribution in [0.3, 0.4) is 0 Å². The Kier molecular flexibility index (Phi) is 6.10. The van der Waals surface area contributed by atoms with Crippen molar-refractivity contribution in [1.82, 2.24) is 14.5 Å². The molecule has 0 saturated heterocycles. The SMILES string of the molecule is N[C@@](C=O)(c1ccc(F)cc1)N1CCn2c(nc(-c3ccc(F)cc3)c2Nc2ccc(Cl)cc2)C1. The van der Waals surface area contributed by atoms with E-state index in [4.69, 9.17) is 22.3 Å². The van der Waals surface area contributed by atoms with Crippen molar-refractivity contribution in [3.63, 3.8) is 0 Å². The van der Waals surface area contributed by atoms with Gasteiger partial charge in [-0.25, -0.2) is 13.8 Å². The summed E-state index contributed by atoms with van der Waals surface area (Å²) in [6.45, 7) is 1.23. The number of rotatable bonds is 6. The molecule has 2 heterocycles. The number of carbonyl (C=O) groups is 1. The first-order chi connectivity index (χ1) is 16.9. The minimum Gasteiger partial charge on any atom is -0.340 e. The number of benzene rings is 3. The Labute approximate surface area is 206 Å². The van der Waals surface area contributed by atoms with E-state index in [0.717, 1.165) is 17.1 Å². The third-order valence-corrected chi connectivity index (χ3v) is 6.46. The van der Waals surface area contributed by atoms with Crippen LogP contribution >= 0.6 is 11.6 Å². The zero-order valence-electron chi connectivity index (χ0n) is 18.6. The molecular weight excluding hydrogens is 472 g/mol. The third-order valence-electron chi connectivity index (χ3n) is 6.21. The summed E-state index contributed by atoms with van der Waals surface area (Å²) < 4.78 is 29.1. The molecule has 178 valence electrons. The molecule has 0 spiro atoms. The van der Waals surface area contributed by atoms with Crippen molar-refractivity contribution in [2.24, 2.45) is 5.73 Å². The van der Waals surface area contributed by atoms with Crippen molar-refractivity contribution in [2.45, 2.75) is 18.8 Å². The van der Waals surface area contributed by atoms with Crippen molar-refractivity contribution in [2.75, 3.05) is 11.9 Å². The van der Waals surface area contributed by atoms with Crippen LogP contribution in [0.4, 0.5) is 20.3 Å². The molecule has 0 saturated carbocycles. The van der Waals surface area contributed by atoms with Gasteiger partial charge < -0.3 is 15.6 Å². The fourth-order valence-corrected chi connectivity index (χ4v) is 4.42. The van der Waals surface area contributed by atoms with Crippen LogP contribution in [0.1, 0.15) is 11.4 Å². The van der Waals surface area contributed by atoms with E-state index < -0.39 is 11.5 Å². The summed E-state index contributed by atoms with van der Waals surface area (Å²) in [5, 5.41) is 4.03. The fourth-order valence-electron chi connectivity index (χ4n) is 4.29. The lowest BCUT2D eigenvalue weighted by molar-refractivity contribution is -0.120. The molecule has 0 radical (unpaired) electrons. The van der Waals surface area contributed by atoms with E-state index in [1.54, 1.807) is 24.3 Å². The summed E-state index contributed by atoms with van der Waals surface area (Å²) >= 11 is 6.04. The molecule has 0 bridgehead atoms. The van der Waals surface area contributed by atoms with Crippen molar-refractivity contribution in [1.29, 1.82) is 0 Å². The Morgan fingerprint density at radius 2 is 1.57 bits per heavy atom. The first kappa shape index (κ1) is 23.2. The Hall–Kier alpha value is -3.59. The number of anilines is 2. The third kappa shape index (κ3) is 4.43. The number of nitrogens with two attached hydrogens (primary N) is 1. The number of imidazole rings is 1. The van der Waals surface area contributed by atoms with Gasteiger partial charge >= 0.3 is 0 Å². The number of aromatic nitrogens is 2. The first-order valence-electron chi connectivity index (χ1n) is 11.0. The largest absolute Gasteiger partial charge is 0.340 e. The molecule has 1 aliphatic rings. The van der Waals surface area contributed by atoms with E-state index in [9.17, 15) is 13.6 Å². The Bertz CT molecular complexity index is 1360. The van der Waals surface area contributed by atoms with Crippen molar-refractivity contribution < 1.29 is 13.6 Å². The molecule has 35 heavy (non-hydrogen) atoms. The zero-order chi connectivity index (χ0) is 24.6. The van der Waals surface area contributed by atoms with Crippen LogP contribution in [-0.2, 0) is 23.5 Å². The molecule has 3 aromatic carbocycles. The summed E-state index contributed by atoms with van der Waals surface area (Å²) in [7, 11) is 0. The molecule has 5 rings (SSSR count). The highest BCUT2D eigenvalue weighted by molar-refractivity contribution is 6.30. The van der Waals surface area contributed by atoms with Gasteiger partial charge in [-0.1, -0.05) is 23.7 Å². The number of hydrogen-bond acceptors (Lipinski definition) is 5. The number of halogens is 3. The Balaban J connectivity index is 1.54. The number of carbonyl (C=O) groups excluding carboxylic acids is 1. The van der Waals surface area contributed by atoms with Gasteiger partial charge in [-0.05, 0) is 66.2 Å². The zero-order valence-corrected chi connectivity index (χ0v) is 19.3. The summed E-state index contributed by atoms with van der Waals surface area (Å²) in [6.07, 6.45) is 0.673. The van der Waals surface area contributed by atoms with Crippen LogP contribution in [0.2, 0.25) is 5.02 Å². The number of aldehydes is 1. The molecule has 1 aromatic heterocycles. The molecule has 9 heteroatoms. The van der Waals surface area contributed by atoms with Gasteiger partial charge in [0.2, 0.25) is 0 Å². The van der Waals surface area contributed by atoms with E-state index in [1.165, 1.54) is 36.4 Å². The average molecular weight is 494 g/mol. The topological polar surface area (TPSA) is 76.2 Å². The molecule has 0 fully saturated rings. The molecule has 1 aliphatic heterocycles. The van der Waals surface area contributed by atoms with Crippen LogP contribution in [0.5, 0.6) is 0 Å². The van der Waals surface area contributed by atoms with Gasteiger partial charge in [-0.2, -0.15) is 0 Å². The van der Waals surface area contributed by atoms with Gasteiger partial charge in [0.1, 0.15) is 29.0 Å². The number of hydrogen-bond donors (Lipinski definition) is 2. The molecule has 0 aliphatic carbocycles. The Morgan fingerprint density at radius 3 is 2.20 bits per heavy atom. The van der Waals surface area contributed by atoms with Gasteiger partial charge in [-0.15, -0.1) is 0 Å². The van der Waals surface area contributed by atoms with Crippen LogP contribution in [-0.4, -0.2) is 27.3 Å². The highest BCUT2D eigenvalue weighted by atomic mass is 35.5. The maximum absolute atomic E-state index is 13.6. The highest BCUT2D eigenvalue weighted by Gasteiger charge is 2.38. The first-order valence-corrected chi connectivity index (χ1v) is 11.4. The second kappa shape index (κ2) is 9.22. The standard InChI is InChI=1S/C26H22ClF2N5O/c27-19-5-11-22(12-6-19)31-25-24(17-1-7-20(28)8-2-17)32-23-15-33(13-14-34(23)25)26(30,16-35)18-3-9-21(29)10-4-18/h1-12,16,31H,13-15,30H2/t26-/m1/s1. The van der Waals surface area contributed by atoms with Crippen LogP contribution in [0, 0.1) is 11.6 Å². The molecular formula is C26H22ClF2N5O. The normalized spacial score (nSPS) is 15.3. The predicted octanol–water partition coefficient (Wildman–Crippen LogP) is 5.05. The lowest BCUT2D eigenvalue weighted by Crippen LogP contribution is -2.56. The van der Waals surface area contributed by atoms with Crippen molar-refractivity contribution in [3.8, 4) is 11.3 Å². The number of nitrogens with zero attached hydrogens (tertiary/aromatic N) is 3. The van der Waals surface area contributed by atoms with Crippen LogP contribution in [0.15, 0.2) is 72.8 Å². The predicted molar refractivity (Wildman–Crippen MR) is 131 cm³/mol. The maximum atomic E-state index is 13.6. The van der Waals surface area contributed by atoms with Crippen molar-refractivity contribution >= 4 is 29.4 Å². The van der Waals surface area contributed by atoms with Gasteiger partial charge in [0.25, 0.3) is 0 Å². The molecule has 6 nitrogen and oxygen atoms in total. The fraction of sp³-hybridized carbons (Fsp3) is 0.154. The van der Waals surface area contributed by atoms with Crippen LogP contribution in [0.25, 0.3) is 11.3 Å². The second-order valence-electron chi connectivity index (χ2n) is 8.39. The molecule has 1 atom stereocenters. The number of nitrogens with one attached hydrogen (secondary N) is 1. The van der Waals surface area contributed by atoms with Crippen molar-refractivity contribution in [3.05, 3.63) is 101 Å². The highest BCUT2D eigenvalue weighted by Crippen LogP contribution is 2.35. The van der Waals surface area contributed by atoms with E-state index in [-0.39, 0.29) is 12.4 Å². The van der Waals surface area contributed by atoms with Gasteiger partial charge in [0.05, 0.1) is 6.54 Å². The summed E-state index contributed by atoms with van der Waals surface area (Å²) in [4.78, 5) is 18.8.